The maximum absolute atomic E-state index is 12.3. The van der Waals surface area contributed by atoms with Crippen LogP contribution in [0.25, 0.3) is 6.08 Å². The van der Waals surface area contributed by atoms with E-state index in [1.165, 1.54) is 34.7 Å². The molecular formula is C19H24N2OS. The molecule has 0 saturated heterocycles. The van der Waals surface area contributed by atoms with Crippen molar-refractivity contribution in [2.75, 3.05) is 7.05 Å². The molecule has 1 amide bonds. The average Bonchev–Trinajstić information content (AvgIpc) is 3.20. The van der Waals surface area contributed by atoms with Crippen LogP contribution in [0.15, 0.2) is 23.6 Å². The topological polar surface area (TPSA) is 25.2 Å². The molecule has 0 bridgehead atoms. The molecule has 4 heteroatoms. The molecule has 0 radical (unpaired) electrons. The second-order valence-electron chi connectivity index (χ2n) is 6.48. The van der Waals surface area contributed by atoms with Crippen LogP contribution in [0.2, 0.25) is 0 Å². The number of carbonyl (C=O) groups excluding carboxylic acids is 1. The van der Waals surface area contributed by atoms with Crippen LogP contribution in [0.4, 0.5) is 0 Å². The predicted octanol–water partition coefficient (Wildman–Crippen LogP) is 4.48. The lowest BCUT2D eigenvalue weighted by molar-refractivity contribution is -0.125. The number of thiophene rings is 1. The molecular weight excluding hydrogens is 304 g/mol. The first-order valence-corrected chi connectivity index (χ1v) is 9.00. The standard InChI is InChI=1S/C19H24N2OS/c1-13-9-10-23-18(13)12-20(4)19(22)8-5-16-11-14(2)21(15(16)3)17-6-7-17/h5,8-11,17H,6-7,12H2,1-4H3/b8-5+. The van der Waals surface area contributed by atoms with Crippen molar-refractivity contribution >= 4 is 23.3 Å². The van der Waals surface area contributed by atoms with E-state index < -0.39 is 0 Å². The van der Waals surface area contributed by atoms with Crippen molar-refractivity contribution in [1.29, 1.82) is 0 Å². The first-order valence-electron chi connectivity index (χ1n) is 8.12. The third kappa shape index (κ3) is 3.42. The Labute approximate surface area is 142 Å². The molecule has 122 valence electrons. The zero-order valence-corrected chi connectivity index (χ0v) is 15.1. The molecule has 3 nitrogen and oxygen atoms in total. The van der Waals surface area contributed by atoms with Gasteiger partial charge in [0.15, 0.2) is 0 Å². The molecule has 1 saturated carbocycles. The molecule has 2 aromatic heterocycles. The van der Waals surface area contributed by atoms with E-state index in [0.29, 0.717) is 12.6 Å². The van der Waals surface area contributed by atoms with Crippen LogP contribution in [-0.4, -0.2) is 22.4 Å². The Balaban J connectivity index is 1.68. The Bertz CT molecular complexity index is 750. The first-order chi connectivity index (χ1) is 11.0. The van der Waals surface area contributed by atoms with Crippen molar-refractivity contribution in [2.24, 2.45) is 0 Å². The van der Waals surface area contributed by atoms with Gasteiger partial charge in [-0.05, 0) is 68.3 Å². The minimum absolute atomic E-state index is 0.0500. The Kier molecular flexibility index (Phi) is 4.44. The molecule has 2 aromatic rings. The van der Waals surface area contributed by atoms with Gasteiger partial charge in [-0.2, -0.15) is 0 Å². The van der Waals surface area contributed by atoms with Crippen LogP contribution in [0, 0.1) is 20.8 Å². The van der Waals surface area contributed by atoms with E-state index in [-0.39, 0.29) is 5.91 Å². The van der Waals surface area contributed by atoms with Gasteiger partial charge >= 0.3 is 0 Å². The monoisotopic (exact) mass is 328 g/mol. The summed E-state index contributed by atoms with van der Waals surface area (Å²) in [5.74, 6) is 0.0500. The molecule has 0 atom stereocenters. The number of nitrogens with zero attached hydrogens (tertiary/aromatic N) is 2. The lowest BCUT2D eigenvalue weighted by atomic mass is 10.2. The minimum atomic E-state index is 0.0500. The fourth-order valence-corrected chi connectivity index (χ4v) is 3.97. The van der Waals surface area contributed by atoms with Crippen LogP contribution < -0.4 is 0 Å². The van der Waals surface area contributed by atoms with Gasteiger partial charge in [0.05, 0.1) is 6.54 Å². The molecule has 23 heavy (non-hydrogen) atoms. The van der Waals surface area contributed by atoms with E-state index in [0.717, 1.165) is 5.56 Å². The number of rotatable bonds is 5. The molecule has 1 fully saturated rings. The SMILES string of the molecule is Cc1ccsc1CN(C)C(=O)/C=C/c1cc(C)n(C2CC2)c1C. The molecule has 1 aliphatic rings. The van der Waals surface area contributed by atoms with E-state index in [2.05, 4.69) is 42.9 Å². The molecule has 2 heterocycles. The lowest BCUT2D eigenvalue weighted by Gasteiger charge is -2.14. The van der Waals surface area contributed by atoms with Crippen LogP contribution in [-0.2, 0) is 11.3 Å². The summed E-state index contributed by atoms with van der Waals surface area (Å²) >= 11 is 1.71. The zero-order valence-electron chi connectivity index (χ0n) is 14.3. The fourth-order valence-electron chi connectivity index (χ4n) is 3.01. The van der Waals surface area contributed by atoms with Gasteiger partial charge in [-0.25, -0.2) is 0 Å². The summed E-state index contributed by atoms with van der Waals surface area (Å²) in [6.45, 7) is 7.06. The number of aryl methyl sites for hydroxylation is 2. The van der Waals surface area contributed by atoms with E-state index >= 15 is 0 Å². The highest BCUT2D eigenvalue weighted by molar-refractivity contribution is 7.10. The van der Waals surface area contributed by atoms with Crippen molar-refractivity contribution in [3.63, 3.8) is 0 Å². The summed E-state index contributed by atoms with van der Waals surface area (Å²) in [4.78, 5) is 15.4. The third-order valence-electron chi connectivity index (χ3n) is 4.57. The largest absolute Gasteiger partial charge is 0.346 e. The Morgan fingerprint density at radius 3 is 2.74 bits per heavy atom. The van der Waals surface area contributed by atoms with Crippen LogP contribution in [0.1, 0.15) is 46.3 Å². The number of carbonyl (C=O) groups is 1. The van der Waals surface area contributed by atoms with Crippen molar-refractivity contribution < 1.29 is 4.79 Å². The van der Waals surface area contributed by atoms with Gasteiger partial charge in [0.1, 0.15) is 0 Å². The molecule has 0 aromatic carbocycles. The minimum Gasteiger partial charge on any atom is -0.346 e. The number of likely N-dealkylation sites (N-methyl/N-ethyl adjacent to an activating group) is 1. The van der Waals surface area contributed by atoms with Crippen LogP contribution >= 0.6 is 11.3 Å². The summed E-state index contributed by atoms with van der Waals surface area (Å²) < 4.78 is 2.41. The normalized spacial score (nSPS) is 14.6. The van der Waals surface area contributed by atoms with E-state index in [1.807, 2.05) is 13.1 Å². The zero-order chi connectivity index (χ0) is 16.6. The highest BCUT2D eigenvalue weighted by Crippen LogP contribution is 2.38. The third-order valence-corrected chi connectivity index (χ3v) is 5.57. The van der Waals surface area contributed by atoms with Gasteiger partial charge in [0.25, 0.3) is 0 Å². The maximum Gasteiger partial charge on any atom is 0.246 e. The van der Waals surface area contributed by atoms with Crippen molar-refractivity contribution in [3.05, 3.63) is 51.0 Å². The molecule has 0 N–H and O–H groups in total. The van der Waals surface area contributed by atoms with Gasteiger partial charge < -0.3 is 9.47 Å². The Hall–Kier alpha value is -1.81. The Morgan fingerprint density at radius 1 is 1.39 bits per heavy atom. The van der Waals surface area contributed by atoms with Gasteiger partial charge in [-0.1, -0.05) is 0 Å². The summed E-state index contributed by atoms with van der Waals surface area (Å²) in [5, 5.41) is 2.07. The van der Waals surface area contributed by atoms with E-state index in [4.69, 9.17) is 0 Å². The average molecular weight is 328 g/mol. The van der Waals surface area contributed by atoms with Crippen LogP contribution in [0.3, 0.4) is 0 Å². The maximum atomic E-state index is 12.3. The second-order valence-corrected chi connectivity index (χ2v) is 7.48. The number of hydrogen-bond donors (Lipinski definition) is 0. The Morgan fingerprint density at radius 2 is 2.13 bits per heavy atom. The highest BCUT2D eigenvalue weighted by Gasteiger charge is 2.26. The summed E-state index contributed by atoms with van der Waals surface area (Å²) in [6.07, 6.45) is 6.21. The number of amides is 1. The van der Waals surface area contributed by atoms with Crippen molar-refractivity contribution in [1.82, 2.24) is 9.47 Å². The van der Waals surface area contributed by atoms with Crippen molar-refractivity contribution in [3.8, 4) is 0 Å². The fraction of sp³-hybridized carbons (Fsp3) is 0.421. The summed E-state index contributed by atoms with van der Waals surface area (Å²) in [5.41, 5.74) is 4.97. The molecule has 3 rings (SSSR count). The molecule has 0 spiro atoms. The van der Waals surface area contributed by atoms with Gasteiger partial charge in [0, 0.05) is 35.4 Å². The number of aromatic nitrogens is 1. The smallest absolute Gasteiger partial charge is 0.246 e. The van der Waals surface area contributed by atoms with Gasteiger partial charge in [0.2, 0.25) is 5.91 Å². The quantitative estimate of drug-likeness (QED) is 0.743. The predicted molar refractivity (Wildman–Crippen MR) is 96.7 cm³/mol. The van der Waals surface area contributed by atoms with E-state index in [1.54, 1.807) is 22.3 Å². The molecule has 0 unspecified atom stereocenters. The van der Waals surface area contributed by atoms with Gasteiger partial charge in [-0.15, -0.1) is 11.3 Å². The number of hydrogen-bond acceptors (Lipinski definition) is 2. The highest BCUT2D eigenvalue weighted by atomic mass is 32.1. The lowest BCUT2D eigenvalue weighted by Crippen LogP contribution is -2.23. The molecule has 0 aliphatic heterocycles. The summed E-state index contributed by atoms with van der Waals surface area (Å²) in [7, 11) is 1.86. The second kappa shape index (κ2) is 6.36. The van der Waals surface area contributed by atoms with E-state index in [9.17, 15) is 4.79 Å². The van der Waals surface area contributed by atoms with Gasteiger partial charge in [-0.3, -0.25) is 4.79 Å². The molecule has 1 aliphatic carbocycles. The summed E-state index contributed by atoms with van der Waals surface area (Å²) in [6, 6.07) is 4.96. The first kappa shape index (κ1) is 16.1. The van der Waals surface area contributed by atoms with Crippen molar-refractivity contribution in [2.45, 2.75) is 46.2 Å². The van der Waals surface area contributed by atoms with Crippen LogP contribution in [0.5, 0.6) is 0 Å².